The van der Waals surface area contributed by atoms with Crippen LogP contribution in [0.5, 0.6) is 0 Å². The lowest BCUT2D eigenvalue weighted by Gasteiger charge is -2.38. The van der Waals surface area contributed by atoms with Gasteiger partial charge in [-0.15, -0.1) is 0 Å². The number of carbonyl (C=O) groups is 2. The number of aliphatic hydroxyl groups excluding tert-OH is 1. The quantitative estimate of drug-likeness (QED) is 0.421. The number of hydrogen-bond donors (Lipinski definition) is 1. The van der Waals surface area contributed by atoms with Crippen molar-refractivity contribution in [2.24, 2.45) is 0 Å². The molecule has 0 radical (unpaired) electrons. The summed E-state index contributed by atoms with van der Waals surface area (Å²) >= 11 is 0. The number of aryl methyl sites for hydroxylation is 1. The molecule has 9 heteroatoms. The van der Waals surface area contributed by atoms with Crippen LogP contribution in [0.4, 0.5) is 5.69 Å². The SMILES string of the molecule is Cc1ccc(C(O)=C2C(=O)c3ccccc3S(=O)(=O)N2CC(=O)N2CCN(c3ccccc3)CC2)cc1. The molecule has 0 aromatic heterocycles. The number of para-hydroxylation sites is 1. The summed E-state index contributed by atoms with van der Waals surface area (Å²) in [5.41, 5.74) is 1.84. The summed E-state index contributed by atoms with van der Waals surface area (Å²) < 4.78 is 28.1. The molecule has 1 saturated heterocycles. The number of sulfonamides is 1. The molecular weight excluding hydrogens is 490 g/mol. The van der Waals surface area contributed by atoms with Crippen molar-refractivity contribution < 1.29 is 23.1 Å². The molecule has 2 aliphatic heterocycles. The minimum absolute atomic E-state index is 0.0312. The number of allylic oxidation sites excluding steroid dienone is 1. The maximum absolute atomic E-state index is 13.7. The number of carbonyl (C=O) groups excluding carboxylic acids is 2. The van der Waals surface area contributed by atoms with E-state index in [0.717, 1.165) is 15.6 Å². The van der Waals surface area contributed by atoms with Gasteiger partial charge in [-0.3, -0.25) is 9.59 Å². The van der Waals surface area contributed by atoms with E-state index >= 15 is 0 Å². The molecule has 2 aliphatic rings. The lowest BCUT2D eigenvalue weighted by molar-refractivity contribution is -0.131. The lowest BCUT2D eigenvalue weighted by Crippen LogP contribution is -2.52. The number of ketones is 1. The first-order valence-electron chi connectivity index (χ1n) is 12.0. The van der Waals surface area contributed by atoms with E-state index in [1.54, 1.807) is 35.2 Å². The van der Waals surface area contributed by atoms with Crippen LogP contribution < -0.4 is 4.90 Å². The third-order valence-corrected chi connectivity index (χ3v) is 8.55. The summed E-state index contributed by atoms with van der Waals surface area (Å²) in [6.07, 6.45) is 0. The van der Waals surface area contributed by atoms with Crippen LogP contribution in [0, 0.1) is 6.92 Å². The second-order valence-corrected chi connectivity index (χ2v) is 10.9. The maximum Gasteiger partial charge on any atom is 0.265 e. The van der Waals surface area contributed by atoms with E-state index < -0.39 is 39.7 Å². The lowest BCUT2D eigenvalue weighted by atomic mass is 10.0. The second kappa shape index (κ2) is 9.74. The first-order valence-corrected chi connectivity index (χ1v) is 13.5. The highest BCUT2D eigenvalue weighted by atomic mass is 32.2. The van der Waals surface area contributed by atoms with Crippen molar-refractivity contribution in [2.75, 3.05) is 37.6 Å². The average molecular weight is 518 g/mol. The van der Waals surface area contributed by atoms with Crippen LogP contribution in [-0.2, 0) is 14.8 Å². The molecule has 2 heterocycles. The first-order chi connectivity index (χ1) is 17.8. The third-order valence-electron chi connectivity index (χ3n) is 6.75. The number of rotatable bonds is 4. The molecule has 5 rings (SSSR count). The van der Waals surface area contributed by atoms with Gasteiger partial charge in [0.15, 0.2) is 5.76 Å². The Kier molecular flexibility index (Phi) is 6.47. The Hall–Kier alpha value is -4.11. The highest BCUT2D eigenvalue weighted by molar-refractivity contribution is 7.89. The summed E-state index contributed by atoms with van der Waals surface area (Å²) in [7, 11) is -4.28. The summed E-state index contributed by atoms with van der Waals surface area (Å²) in [6, 6.07) is 22.5. The predicted molar refractivity (Wildman–Crippen MR) is 141 cm³/mol. The van der Waals surface area contributed by atoms with Gasteiger partial charge in [-0.05, 0) is 31.2 Å². The number of fused-ring (bicyclic) bond motifs is 1. The van der Waals surface area contributed by atoms with Gasteiger partial charge in [0.25, 0.3) is 10.0 Å². The molecule has 190 valence electrons. The van der Waals surface area contributed by atoms with Gasteiger partial charge in [0, 0.05) is 43.0 Å². The van der Waals surface area contributed by atoms with Gasteiger partial charge in [0.1, 0.15) is 12.2 Å². The highest BCUT2D eigenvalue weighted by Gasteiger charge is 2.43. The van der Waals surface area contributed by atoms with Gasteiger partial charge in [-0.25, -0.2) is 12.7 Å². The monoisotopic (exact) mass is 517 g/mol. The van der Waals surface area contributed by atoms with Crippen LogP contribution in [0.15, 0.2) is 89.5 Å². The van der Waals surface area contributed by atoms with Crippen LogP contribution in [0.1, 0.15) is 21.5 Å². The fraction of sp³-hybridized carbons (Fsp3) is 0.214. The fourth-order valence-electron chi connectivity index (χ4n) is 4.67. The van der Waals surface area contributed by atoms with Crippen molar-refractivity contribution in [3.63, 3.8) is 0 Å². The number of benzene rings is 3. The van der Waals surface area contributed by atoms with E-state index in [1.165, 1.54) is 18.2 Å². The van der Waals surface area contributed by atoms with Gasteiger partial charge < -0.3 is 14.9 Å². The van der Waals surface area contributed by atoms with E-state index in [-0.39, 0.29) is 16.0 Å². The Morgan fingerprint density at radius 3 is 2.16 bits per heavy atom. The van der Waals surface area contributed by atoms with Crippen LogP contribution in [0.25, 0.3) is 5.76 Å². The van der Waals surface area contributed by atoms with Gasteiger partial charge in [0.05, 0.1) is 4.90 Å². The minimum Gasteiger partial charge on any atom is -0.505 e. The minimum atomic E-state index is -4.28. The standard InChI is InChI=1S/C28H27N3O5S/c1-20-11-13-21(14-12-20)27(33)26-28(34)23-9-5-6-10-24(23)37(35,36)31(26)19-25(32)30-17-15-29(16-18-30)22-7-3-2-4-8-22/h2-14,33H,15-19H2,1H3. The Labute approximate surface area is 216 Å². The smallest absolute Gasteiger partial charge is 0.265 e. The molecule has 0 unspecified atom stereocenters. The third kappa shape index (κ3) is 4.58. The molecule has 3 aromatic carbocycles. The molecule has 1 fully saturated rings. The Balaban J connectivity index is 1.47. The number of anilines is 1. The van der Waals surface area contributed by atoms with Gasteiger partial charge >= 0.3 is 0 Å². The zero-order chi connectivity index (χ0) is 26.2. The van der Waals surface area contributed by atoms with Crippen LogP contribution in [-0.4, -0.2) is 67.1 Å². The van der Waals surface area contributed by atoms with E-state index in [1.807, 2.05) is 37.3 Å². The molecule has 0 atom stereocenters. The van der Waals surface area contributed by atoms with Crippen molar-refractivity contribution in [3.8, 4) is 0 Å². The predicted octanol–water partition coefficient (Wildman–Crippen LogP) is 3.46. The second-order valence-electron chi connectivity index (χ2n) is 9.10. The largest absolute Gasteiger partial charge is 0.505 e. The summed E-state index contributed by atoms with van der Waals surface area (Å²) in [5, 5.41) is 11.1. The highest BCUT2D eigenvalue weighted by Crippen LogP contribution is 2.35. The number of hydrogen-bond acceptors (Lipinski definition) is 6. The van der Waals surface area contributed by atoms with E-state index in [4.69, 9.17) is 0 Å². The zero-order valence-corrected chi connectivity index (χ0v) is 21.2. The van der Waals surface area contributed by atoms with Crippen molar-refractivity contribution in [2.45, 2.75) is 11.8 Å². The molecule has 3 aromatic rings. The zero-order valence-electron chi connectivity index (χ0n) is 20.4. The summed E-state index contributed by atoms with van der Waals surface area (Å²) in [4.78, 5) is 30.4. The number of aliphatic hydroxyl groups is 1. The number of piperazine rings is 1. The van der Waals surface area contributed by atoms with Crippen molar-refractivity contribution in [1.82, 2.24) is 9.21 Å². The normalized spacial score (nSPS) is 18.4. The first kappa shape index (κ1) is 24.6. The molecule has 37 heavy (non-hydrogen) atoms. The molecule has 0 aliphatic carbocycles. The Morgan fingerprint density at radius 2 is 1.49 bits per heavy atom. The number of nitrogens with zero attached hydrogens (tertiary/aromatic N) is 3. The van der Waals surface area contributed by atoms with Crippen LogP contribution in [0.2, 0.25) is 0 Å². The molecule has 0 bridgehead atoms. The summed E-state index contributed by atoms with van der Waals surface area (Å²) in [6.45, 7) is 3.31. The van der Waals surface area contributed by atoms with Crippen molar-refractivity contribution in [3.05, 3.63) is 101 Å². The average Bonchev–Trinajstić information content (AvgIpc) is 2.92. The molecule has 1 amide bonds. The Bertz CT molecular complexity index is 1480. The Morgan fingerprint density at radius 1 is 0.865 bits per heavy atom. The van der Waals surface area contributed by atoms with Gasteiger partial charge in [0.2, 0.25) is 11.7 Å². The molecule has 0 saturated carbocycles. The van der Waals surface area contributed by atoms with Crippen molar-refractivity contribution >= 4 is 33.2 Å². The summed E-state index contributed by atoms with van der Waals surface area (Å²) in [5.74, 6) is -1.56. The van der Waals surface area contributed by atoms with E-state index in [9.17, 15) is 23.1 Å². The fourth-order valence-corrected chi connectivity index (χ4v) is 6.29. The number of amides is 1. The van der Waals surface area contributed by atoms with E-state index in [2.05, 4.69) is 4.90 Å². The van der Waals surface area contributed by atoms with Gasteiger partial charge in [-0.1, -0.05) is 60.2 Å². The topological polar surface area (TPSA) is 98.2 Å². The van der Waals surface area contributed by atoms with Crippen molar-refractivity contribution in [1.29, 1.82) is 0 Å². The maximum atomic E-state index is 13.7. The van der Waals surface area contributed by atoms with Crippen LogP contribution >= 0.6 is 0 Å². The molecule has 0 spiro atoms. The van der Waals surface area contributed by atoms with Crippen LogP contribution in [0.3, 0.4) is 0 Å². The van der Waals surface area contributed by atoms with Gasteiger partial charge in [-0.2, -0.15) is 0 Å². The number of Topliss-reactive ketones (excluding diaryl/α,β-unsaturated/α-hetero) is 1. The molecular formula is C28H27N3O5S. The van der Waals surface area contributed by atoms with E-state index in [0.29, 0.717) is 26.2 Å². The molecule has 1 N–H and O–H groups in total. The molecule has 8 nitrogen and oxygen atoms in total.